The van der Waals surface area contributed by atoms with E-state index in [0.717, 1.165) is 0 Å². The summed E-state index contributed by atoms with van der Waals surface area (Å²) < 4.78 is 0. The number of rotatable bonds is 7. The molecule has 0 aromatic heterocycles. The van der Waals surface area contributed by atoms with E-state index < -0.39 is 5.91 Å². The Labute approximate surface area is 93.6 Å². The summed E-state index contributed by atoms with van der Waals surface area (Å²) in [4.78, 5) is 15.1. The maximum absolute atomic E-state index is 11.5. The number of likely N-dealkylation sites (N-methyl/N-ethyl adjacent to an activating group) is 1. The first-order valence-electron chi connectivity index (χ1n) is 4.55. The van der Waals surface area contributed by atoms with Crippen molar-refractivity contribution in [1.29, 1.82) is 0 Å². The summed E-state index contributed by atoms with van der Waals surface area (Å²) in [7, 11) is 2.77. The molecule has 0 spiro atoms. The van der Waals surface area contributed by atoms with E-state index in [1.54, 1.807) is 7.05 Å². The van der Waals surface area contributed by atoms with Gasteiger partial charge in [0.15, 0.2) is 5.82 Å². The normalized spacial score (nSPS) is 11.5. The van der Waals surface area contributed by atoms with Crippen molar-refractivity contribution in [2.24, 2.45) is 4.99 Å². The monoisotopic (exact) mass is 231 g/mol. The van der Waals surface area contributed by atoms with E-state index in [9.17, 15) is 4.79 Å². The highest BCUT2D eigenvalue weighted by molar-refractivity contribution is 5.92. The highest BCUT2D eigenvalue weighted by Crippen LogP contribution is 2.01. The fourth-order valence-corrected chi connectivity index (χ4v) is 0.949. The van der Waals surface area contributed by atoms with Crippen LogP contribution in [0, 0.1) is 0 Å². The van der Waals surface area contributed by atoms with Crippen molar-refractivity contribution in [2.45, 2.75) is 0 Å². The molecule has 0 bridgehead atoms. The number of carbonyl (C=O) groups excluding carboxylic acids is 1. The SMILES string of the molecule is C=N/C(NC)=C(\NCCNO)C(=O)N(C)O. The average molecular weight is 231 g/mol. The lowest BCUT2D eigenvalue weighted by Gasteiger charge is -2.16. The van der Waals surface area contributed by atoms with Crippen molar-refractivity contribution < 1.29 is 15.2 Å². The molecule has 16 heavy (non-hydrogen) atoms. The van der Waals surface area contributed by atoms with Crippen LogP contribution in [0.15, 0.2) is 16.5 Å². The van der Waals surface area contributed by atoms with Crippen molar-refractivity contribution in [1.82, 2.24) is 21.2 Å². The van der Waals surface area contributed by atoms with E-state index in [0.29, 0.717) is 5.06 Å². The summed E-state index contributed by atoms with van der Waals surface area (Å²) in [5.74, 6) is -0.446. The van der Waals surface area contributed by atoms with Gasteiger partial charge >= 0.3 is 0 Å². The Bertz CT molecular complexity index is 277. The predicted octanol–water partition coefficient (Wildman–Crippen LogP) is -1.51. The molecule has 0 saturated carbocycles. The quantitative estimate of drug-likeness (QED) is 0.120. The fourth-order valence-electron chi connectivity index (χ4n) is 0.949. The number of hydrogen-bond donors (Lipinski definition) is 5. The highest BCUT2D eigenvalue weighted by Gasteiger charge is 2.17. The summed E-state index contributed by atoms with van der Waals surface area (Å²) in [5.41, 5.74) is 1.99. The Kier molecular flexibility index (Phi) is 6.84. The van der Waals surface area contributed by atoms with Crippen LogP contribution in [0.3, 0.4) is 0 Å². The molecule has 0 fully saturated rings. The van der Waals surface area contributed by atoms with Gasteiger partial charge in [0, 0.05) is 27.2 Å². The predicted molar refractivity (Wildman–Crippen MR) is 58.0 cm³/mol. The minimum Gasteiger partial charge on any atom is -0.376 e. The number of amides is 1. The molecule has 0 radical (unpaired) electrons. The molecule has 0 atom stereocenters. The average Bonchev–Trinajstić information content (AvgIpc) is 2.27. The number of aliphatic imine (C=N–C) groups is 1. The van der Waals surface area contributed by atoms with Crippen molar-refractivity contribution >= 4 is 12.6 Å². The standard InChI is InChI=1S/C8H17N5O3/c1-9-7(10-2)6(8(14)13(3)16)11-4-5-12-15/h10-12,15-16H,1,4-5H2,2-3H3/b7-6+. The van der Waals surface area contributed by atoms with Crippen molar-refractivity contribution in [3.8, 4) is 0 Å². The van der Waals surface area contributed by atoms with E-state index in [-0.39, 0.29) is 24.6 Å². The third-order valence-electron chi connectivity index (χ3n) is 1.68. The van der Waals surface area contributed by atoms with Gasteiger partial charge in [-0.15, -0.1) is 0 Å². The van der Waals surface area contributed by atoms with E-state index >= 15 is 0 Å². The van der Waals surface area contributed by atoms with Crippen LogP contribution in [0.1, 0.15) is 0 Å². The number of nitrogens with one attached hydrogen (secondary N) is 3. The maximum Gasteiger partial charge on any atom is 0.296 e. The van der Waals surface area contributed by atoms with Gasteiger partial charge in [0.2, 0.25) is 0 Å². The van der Waals surface area contributed by atoms with Gasteiger partial charge in [-0.3, -0.25) is 10.0 Å². The zero-order valence-electron chi connectivity index (χ0n) is 9.32. The van der Waals surface area contributed by atoms with Crippen LogP contribution in [0.4, 0.5) is 0 Å². The van der Waals surface area contributed by atoms with Gasteiger partial charge in [0.05, 0.1) is 0 Å². The minimum atomic E-state index is -0.658. The van der Waals surface area contributed by atoms with E-state index in [2.05, 4.69) is 22.3 Å². The first kappa shape index (κ1) is 14.4. The molecule has 0 aliphatic rings. The lowest BCUT2D eigenvalue weighted by Crippen LogP contribution is -2.36. The summed E-state index contributed by atoms with van der Waals surface area (Å²) in [6, 6.07) is 0. The van der Waals surface area contributed by atoms with Crippen molar-refractivity contribution in [3.63, 3.8) is 0 Å². The summed E-state index contributed by atoms with van der Waals surface area (Å²) in [5, 5.41) is 23.2. The molecule has 92 valence electrons. The molecule has 5 N–H and O–H groups in total. The lowest BCUT2D eigenvalue weighted by molar-refractivity contribution is -0.155. The van der Waals surface area contributed by atoms with Gasteiger partial charge in [0.1, 0.15) is 5.70 Å². The van der Waals surface area contributed by atoms with Crippen molar-refractivity contribution in [2.75, 3.05) is 27.2 Å². The molecule has 0 aliphatic carbocycles. The third kappa shape index (κ3) is 4.26. The Morgan fingerprint density at radius 1 is 1.50 bits per heavy atom. The van der Waals surface area contributed by atoms with E-state index in [1.807, 2.05) is 5.48 Å². The Hall–Kier alpha value is -1.64. The van der Waals surface area contributed by atoms with Gasteiger partial charge in [0.25, 0.3) is 5.91 Å². The molecular formula is C8H17N5O3. The fraction of sp³-hybridized carbons (Fsp3) is 0.500. The molecule has 0 heterocycles. The molecule has 1 amide bonds. The molecule has 0 saturated heterocycles. The molecular weight excluding hydrogens is 214 g/mol. The zero-order chi connectivity index (χ0) is 12.6. The number of hydrogen-bond acceptors (Lipinski definition) is 7. The third-order valence-corrected chi connectivity index (χ3v) is 1.68. The van der Waals surface area contributed by atoms with Crippen molar-refractivity contribution in [3.05, 3.63) is 11.5 Å². The number of carbonyl (C=O) groups is 1. The van der Waals surface area contributed by atoms with Gasteiger partial charge in [-0.25, -0.2) is 15.5 Å². The van der Waals surface area contributed by atoms with Gasteiger partial charge in [-0.05, 0) is 6.72 Å². The van der Waals surface area contributed by atoms with Crippen LogP contribution in [0.5, 0.6) is 0 Å². The van der Waals surface area contributed by atoms with E-state index in [4.69, 9.17) is 10.4 Å². The van der Waals surface area contributed by atoms with Crippen LogP contribution >= 0.6 is 0 Å². The number of nitrogens with zero attached hydrogens (tertiary/aromatic N) is 2. The first-order valence-corrected chi connectivity index (χ1v) is 4.55. The van der Waals surface area contributed by atoms with Gasteiger partial charge < -0.3 is 15.8 Å². The highest BCUT2D eigenvalue weighted by atomic mass is 16.5. The van der Waals surface area contributed by atoms with Crippen LogP contribution in [0.25, 0.3) is 0 Å². The van der Waals surface area contributed by atoms with Crippen LogP contribution in [-0.4, -0.2) is 55.3 Å². The molecule has 0 unspecified atom stereocenters. The second-order valence-corrected chi connectivity index (χ2v) is 2.80. The van der Waals surface area contributed by atoms with Crippen LogP contribution < -0.4 is 16.1 Å². The van der Waals surface area contributed by atoms with E-state index in [1.165, 1.54) is 7.05 Å². The molecule has 8 nitrogen and oxygen atoms in total. The zero-order valence-corrected chi connectivity index (χ0v) is 9.32. The largest absolute Gasteiger partial charge is 0.376 e. The van der Waals surface area contributed by atoms with Crippen LogP contribution in [0.2, 0.25) is 0 Å². The Morgan fingerprint density at radius 2 is 2.12 bits per heavy atom. The Morgan fingerprint density at radius 3 is 2.50 bits per heavy atom. The summed E-state index contributed by atoms with van der Waals surface area (Å²) in [6.07, 6.45) is 0. The van der Waals surface area contributed by atoms with Gasteiger partial charge in [-0.1, -0.05) is 0 Å². The van der Waals surface area contributed by atoms with Crippen LogP contribution in [-0.2, 0) is 4.79 Å². The molecule has 8 heteroatoms. The summed E-state index contributed by atoms with van der Waals surface area (Å²) in [6.45, 7) is 3.81. The maximum atomic E-state index is 11.5. The molecule has 0 aromatic rings. The molecule has 0 rings (SSSR count). The topological polar surface area (TPSA) is 109 Å². The molecule has 0 aliphatic heterocycles. The lowest BCUT2D eigenvalue weighted by atomic mass is 10.3. The second-order valence-electron chi connectivity index (χ2n) is 2.80. The Balaban J connectivity index is 4.82. The summed E-state index contributed by atoms with van der Waals surface area (Å²) >= 11 is 0. The minimum absolute atomic E-state index is 0.0674. The van der Waals surface area contributed by atoms with Gasteiger partial charge in [-0.2, -0.15) is 0 Å². The smallest absolute Gasteiger partial charge is 0.296 e. The molecule has 0 aromatic carbocycles. The first-order chi connectivity index (χ1) is 7.58. The number of hydroxylamine groups is 3. The second kappa shape index (κ2) is 7.63.